The monoisotopic (exact) mass is 438 g/mol. The topological polar surface area (TPSA) is 137 Å². The van der Waals surface area contributed by atoms with E-state index < -0.39 is 20.1 Å². The molecule has 0 bridgehead atoms. The fraction of sp³-hybridized carbons (Fsp3) is 0.231. The van der Waals surface area contributed by atoms with Gasteiger partial charge < -0.3 is 11.5 Å². The van der Waals surface area contributed by atoms with E-state index in [-0.39, 0.29) is 28.0 Å². The van der Waals surface area contributed by atoms with Crippen LogP contribution in [-0.4, -0.2) is 24.1 Å². The van der Waals surface area contributed by atoms with Crippen LogP contribution in [-0.2, 0) is 10.2 Å². The molecule has 13 heteroatoms. The molecule has 0 aliphatic carbocycles. The summed E-state index contributed by atoms with van der Waals surface area (Å²) < 4.78 is 35.1. The molecule has 0 spiro atoms. The van der Waals surface area contributed by atoms with Crippen molar-refractivity contribution in [1.82, 2.24) is 9.97 Å². The Hall–Kier alpha value is -1.69. The number of anilines is 2. The maximum atomic E-state index is 13.1. The Morgan fingerprint density at radius 2 is 1.77 bits per heavy atom. The largest absolute Gasteiger partial charge is 0.382 e. The number of thioether (sulfide) groups is 1. The number of nitrogen functional groups attached to an aromatic ring is 2. The lowest BCUT2D eigenvalue weighted by atomic mass is 10.3. The van der Waals surface area contributed by atoms with Crippen molar-refractivity contribution in [3.63, 3.8) is 0 Å². The van der Waals surface area contributed by atoms with E-state index in [2.05, 4.69) is 20.2 Å². The zero-order chi connectivity index (χ0) is 19.5. The lowest BCUT2D eigenvalue weighted by Crippen LogP contribution is -2.01. The summed E-state index contributed by atoms with van der Waals surface area (Å²) in [6.45, 7) is 2.01. The van der Waals surface area contributed by atoms with Crippen LogP contribution < -0.4 is 11.5 Å². The molecule has 4 N–H and O–H groups in total. The Morgan fingerprint density at radius 1 is 1.15 bits per heavy atom. The van der Waals surface area contributed by atoms with Crippen LogP contribution in [0.3, 0.4) is 0 Å². The molecule has 2 rings (SSSR count). The van der Waals surface area contributed by atoms with Gasteiger partial charge in [0.15, 0.2) is 22.5 Å². The highest BCUT2D eigenvalue weighted by Gasteiger charge is 2.19. The third kappa shape index (κ3) is 4.93. The molecule has 8 nitrogen and oxygen atoms in total. The Kier molecular flexibility index (Phi) is 6.61. The Labute approximate surface area is 163 Å². The molecule has 0 saturated heterocycles. The van der Waals surface area contributed by atoms with Gasteiger partial charge in [-0.2, -0.15) is 8.42 Å². The minimum Gasteiger partial charge on any atom is -0.382 e. The third-order valence-corrected chi connectivity index (χ3v) is 5.52. The molecule has 0 aliphatic heterocycles. The van der Waals surface area contributed by atoms with Crippen LogP contribution in [0.2, 0.25) is 10.0 Å². The summed E-state index contributed by atoms with van der Waals surface area (Å²) in [6, 6.07) is 1.89. The average molecular weight is 439 g/mol. The second-order valence-corrected chi connectivity index (χ2v) is 8.04. The molecule has 0 aliphatic rings. The number of hydrogen-bond donors (Lipinski definition) is 2. The molecule has 1 aromatic heterocycles. The third-order valence-electron chi connectivity index (χ3n) is 2.87. The van der Waals surface area contributed by atoms with Crippen LogP contribution in [0.15, 0.2) is 32.4 Å². The van der Waals surface area contributed by atoms with Crippen molar-refractivity contribution in [3.05, 3.63) is 22.2 Å². The summed E-state index contributed by atoms with van der Waals surface area (Å²) in [6.07, 6.45) is 0.930. The van der Waals surface area contributed by atoms with Gasteiger partial charge in [-0.1, -0.05) is 41.9 Å². The quantitative estimate of drug-likeness (QED) is 0.292. The molecule has 140 valence electrons. The van der Waals surface area contributed by atoms with Gasteiger partial charge in [-0.05, 0) is 18.6 Å². The van der Waals surface area contributed by atoms with Gasteiger partial charge >= 0.3 is 10.2 Å². The van der Waals surface area contributed by atoms with Crippen molar-refractivity contribution >= 4 is 68.2 Å². The number of benzene rings is 1. The van der Waals surface area contributed by atoms with Crippen LogP contribution >= 0.6 is 35.0 Å². The highest BCUT2D eigenvalue weighted by atomic mass is 35.5. The number of nitrogens with two attached hydrogens (primary N) is 2. The lowest BCUT2D eigenvalue weighted by Gasteiger charge is -2.06. The zero-order valence-corrected chi connectivity index (χ0v) is 16.4. The molecule has 0 saturated carbocycles. The molecule has 0 unspecified atom stereocenters. The lowest BCUT2D eigenvalue weighted by molar-refractivity contribution is 0.552. The van der Waals surface area contributed by atoms with E-state index >= 15 is 0 Å². The first kappa shape index (κ1) is 20.6. The normalized spacial score (nSPS) is 12.0. The summed E-state index contributed by atoms with van der Waals surface area (Å²) in [7, 11) is -5.02. The number of rotatable bonds is 6. The first-order valence-electron chi connectivity index (χ1n) is 7.04. The Morgan fingerprint density at radius 3 is 2.31 bits per heavy atom. The number of azo groups is 1. The molecule has 2 aromatic rings. The first-order chi connectivity index (χ1) is 12.1. The van der Waals surface area contributed by atoms with Gasteiger partial charge in [-0.25, -0.2) is 9.97 Å². The number of aromatic nitrogens is 2. The molecular weight excluding hydrogens is 426 g/mol. The van der Waals surface area contributed by atoms with Gasteiger partial charge in [0.05, 0.1) is 10.0 Å². The summed E-state index contributed by atoms with van der Waals surface area (Å²) >= 11 is 13.0. The number of halogens is 3. The minimum absolute atomic E-state index is 0.00713. The van der Waals surface area contributed by atoms with E-state index in [4.69, 9.17) is 34.7 Å². The van der Waals surface area contributed by atoms with Crippen LogP contribution in [0, 0.1) is 0 Å². The molecule has 0 amide bonds. The second kappa shape index (κ2) is 8.33. The van der Waals surface area contributed by atoms with Crippen molar-refractivity contribution in [2.45, 2.75) is 23.4 Å². The van der Waals surface area contributed by atoms with E-state index in [0.29, 0.717) is 5.16 Å². The van der Waals surface area contributed by atoms with Crippen molar-refractivity contribution in [2.75, 3.05) is 17.2 Å². The van der Waals surface area contributed by atoms with Crippen LogP contribution in [0.1, 0.15) is 13.3 Å². The van der Waals surface area contributed by atoms with Gasteiger partial charge in [-0.15, -0.1) is 14.1 Å². The highest BCUT2D eigenvalue weighted by Crippen LogP contribution is 2.37. The number of nitrogens with zero attached hydrogens (tertiary/aromatic N) is 4. The average Bonchev–Trinajstić information content (AvgIpc) is 2.53. The van der Waals surface area contributed by atoms with Crippen molar-refractivity contribution in [2.24, 2.45) is 10.2 Å². The van der Waals surface area contributed by atoms with Crippen LogP contribution in [0.25, 0.3) is 0 Å². The van der Waals surface area contributed by atoms with Crippen LogP contribution in [0.5, 0.6) is 0 Å². The Bertz CT molecular complexity index is 948. The zero-order valence-electron chi connectivity index (χ0n) is 13.3. The van der Waals surface area contributed by atoms with Crippen molar-refractivity contribution < 1.29 is 12.3 Å². The van der Waals surface area contributed by atoms with E-state index in [9.17, 15) is 12.3 Å². The van der Waals surface area contributed by atoms with Gasteiger partial charge in [-0.3, -0.25) is 0 Å². The molecule has 1 aromatic carbocycles. The predicted octanol–water partition coefficient (Wildman–Crippen LogP) is 4.52. The smallest absolute Gasteiger partial charge is 0.333 e. The van der Waals surface area contributed by atoms with Gasteiger partial charge in [0, 0.05) is 5.75 Å². The fourth-order valence-electron chi connectivity index (χ4n) is 1.71. The molecular formula is C13H13Cl2FN6O2S2. The summed E-state index contributed by atoms with van der Waals surface area (Å²) in [4.78, 5) is 7.39. The van der Waals surface area contributed by atoms with Gasteiger partial charge in [0.1, 0.15) is 10.6 Å². The van der Waals surface area contributed by atoms with Crippen LogP contribution in [0.4, 0.5) is 26.9 Å². The maximum absolute atomic E-state index is 13.1. The number of hydrogen-bond acceptors (Lipinski definition) is 9. The highest BCUT2D eigenvalue weighted by molar-refractivity contribution is 7.99. The van der Waals surface area contributed by atoms with Crippen molar-refractivity contribution in [1.29, 1.82) is 0 Å². The van der Waals surface area contributed by atoms with E-state index in [1.165, 1.54) is 11.8 Å². The minimum atomic E-state index is -5.02. The summed E-state index contributed by atoms with van der Waals surface area (Å²) in [5.74, 6) is 0.840. The van der Waals surface area contributed by atoms with Crippen molar-refractivity contribution in [3.8, 4) is 0 Å². The molecule has 0 radical (unpaired) electrons. The SMILES string of the molecule is CCCSc1nc(N)c(N=Nc2cc(Cl)c(S(=O)(=O)F)cc2Cl)c(N)n1. The fourth-order valence-corrected chi connectivity index (χ4v) is 3.68. The molecule has 0 fully saturated rings. The summed E-state index contributed by atoms with van der Waals surface area (Å²) in [5, 5.41) is 7.51. The van der Waals surface area contributed by atoms with E-state index in [1.54, 1.807) is 0 Å². The van der Waals surface area contributed by atoms with E-state index in [1.807, 2.05) is 6.92 Å². The Balaban J connectivity index is 2.37. The van der Waals surface area contributed by atoms with Gasteiger partial charge in [0.25, 0.3) is 0 Å². The summed E-state index contributed by atoms with van der Waals surface area (Å²) in [5.41, 5.74) is 11.7. The predicted molar refractivity (Wildman–Crippen MR) is 101 cm³/mol. The molecule has 1 heterocycles. The standard InChI is InChI=1S/C13H13Cl2FN6O2S2/c1-2-3-25-13-19-11(17)10(12(18)20-13)22-21-8-4-7(15)9(5-6(8)14)26(16,23)24/h4-5H,2-3H2,1H3,(H4,17,18,19,20). The molecule has 26 heavy (non-hydrogen) atoms. The molecule has 0 atom stereocenters. The van der Waals surface area contributed by atoms with Gasteiger partial charge in [0.2, 0.25) is 0 Å². The maximum Gasteiger partial charge on any atom is 0.333 e. The first-order valence-corrected chi connectivity index (χ1v) is 10.2. The van der Waals surface area contributed by atoms with E-state index in [0.717, 1.165) is 24.3 Å². The second-order valence-electron chi connectivity index (χ2n) is 4.85.